The monoisotopic (exact) mass is 299 g/mol. The molecule has 0 aliphatic heterocycles. The Balaban J connectivity index is 2.93. The molecule has 0 spiro atoms. The molecule has 0 fully saturated rings. The Kier molecular flexibility index (Phi) is 5.98. The van der Waals surface area contributed by atoms with E-state index in [-0.39, 0.29) is 28.5 Å². The summed E-state index contributed by atoms with van der Waals surface area (Å²) in [6.07, 6.45) is 0. The minimum Gasteiger partial charge on any atom is -0.465 e. The average Bonchev–Trinajstić information content (AvgIpc) is 2.44. The summed E-state index contributed by atoms with van der Waals surface area (Å²) in [7, 11) is 1.19. The van der Waals surface area contributed by atoms with Crippen molar-refractivity contribution in [1.82, 2.24) is 0 Å². The number of ether oxygens (including phenoxy) is 2. The van der Waals surface area contributed by atoms with E-state index >= 15 is 0 Å². The zero-order valence-electron chi connectivity index (χ0n) is 11.0. The number of nitro benzene ring substituents is 1. The molecule has 0 N–H and O–H groups in total. The van der Waals surface area contributed by atoms with E-state index in [1.165, 1.54) is 19.2 Å². The largest absolute Gasteiger partial charge is 0.465 e. The molecule has 0 heterocycles. The third-order valence-corrected chi connectivity index (χ3v) is 3.26. The van der Waals surface area contributed by atoms with E-state index in [9.17, 15) is 19.7 Å². The van der Waals surface area contributed by atoms with Crippen LogP contribution in [0.3, 0.4) is 0 Å². The summed E-state index contributed by atoms with van der Waals surface area (Å²) in [5.74, 6) is -1.15. The lowest BCUT2D eigenvalue weighted by Crippen LogP contribution is -2.07. The standard InChI is InChI=1S/C12H13NO6S/c1-3-19-11(14)7-20-10-5-4-8(12(15)18-2)6-9(10)13(16)17/h4-6H,3,7H2,1-2H3. The first-order valence-electron chi connectivity index (χ1n) is 5.64. The van der Waals surface area contributed by atoms with Crippen LogP contribution in [0.25, 0.3) is 0 Å². The first-order valence-corrected chi connectivity index (χ1v) is 6.63. The van der Waals surface area contributed by atoms with Gasteiger partial charge in [-0.2, -0.15) is 0 Å². The van der Waals surface area contributed by atoms with E-state index in [4.69, 9.17) is 4.74 Å². The number of carbonyl (C=O) groups is 2. The van der Waals surface area contributed by atoms with Crippen LogP contribution in [0, 0.1) is 10.1 Å². The third kappa shape index (κ3) is 4.23. The maximum atomic E-state index is 11.3. The molecular formula is C12H13NO6S. The van der Waals surface area contributed by atoms with Gasteiger partial charge in [0.2, 0.25) is 0 Å². The molecule has 1 rings (SSSR count). The van der Waals surface area contributed by atoms with Gasteiger partial charge in [-0.25, -0.2) is 4.79 Å². The molecule has 0 aromatic heterocycles. The summed E-state index contributed by atoms with van der Waals surface area (Å²) in [6.45, 7) is 1.93. The molecule has 20 heavy (non-hydrogen) atoms. The Morgan fingerprint density at radius 1 is 1.40 bits per heavy atom. The Morgan fingerprint density at radius 2 is 2.10 bits per heavy atom. The highest BCUT2D eigenvalue weighted by atomic mass is 32.2. The van der Waals surface area contributed by atoms with Crippen LogP contribution in [0.2, 0.25) is 0 Å². The van der Waals surface area contributed by atoms with Crippen molar-refractivity contribution >= 4 is 29.4 Å². The molecule has 0 unspecified atom stereocenters. The smallest absolute Gasteiger partial charge is 0.338 e. The Bertz CT molecular complexity index is 531. The van der Waals surface area contributed by atoms with Gasteiger partial charge >= 0.3 is 11.9 Å². The lowest BCUT2D eigenvalue weighted by atomic mass is 10.2. The van der Waals surface area contributed by atoms with Gasteiger partial charge in [-0.1, -0.05) is 0 Å². The summed E-state index contributed by atoms with van der Waals surface area (Å²) in [4.78, 5) is 33.2. The number of hydrogen-bond acceptors (Lipinski definition) is 7. The topological polar surface area (TPSA) is 95.7 Å². The molecule has 8 heteroatoms. The molecule has 0 aliphatic carbocycles. The second-order valence-electron chi connectivity index (χ2n) is 3.52. The number of thioether (sulfide) groups is 1. The quantitative estimate of drug-likeness (QED) is 0.343. The summed E-state index contributed by atoms with van der Waals surface area (Å²) in [5, 5.41) is 11.0. The fourth-order valence-electron chi connectivity index (χ4n) is 1.37. The Morgan fingerprint density at radius 3 is 2.65 bits per heavy atom. The van der Waals surface area contributed by atoms with Crippen LogP contribution in [-0.4, -0.2) is 36.3 Å². The fourth-order valence-corrected chi connectivity index (χ4v) is 2.17. The van der Waals surface area contributed by atoms with E-state index in [1.54, 1.807) is 6.92 Å². The van der Waals surface area contributed by atoms with Crippen molar-refractivity contribution in [3.05, 3.63) is 33.9 Å². The number of carbonyl (C=O) groups excluding carboxylic acids is 2. The SMILES string of the molecule is CCOC(=O)CSc1ccc(C(=O)OC)cc1[N+](=O)[O-]. The van der Waals surface area contributed by atoms with Gasteiger partial charge in [-0.3, -0.25) is 14.9 Å². The summed E-state index contributed by atoms with van der Waals surface area (Å²) >= 11 is 0.983. The average molecular weight is 299 g/mol. The maximum Gasteiger partial charge on any atom is 0.338 e. The first-order chi connectivity index (χ1) is 9.49. The van der Waals surface area contributed by atoms with Crippen LogP contribution >= 0.6 is 11.8 Å². The number of benzene rings is 1. The van der Waals surface area contributed by atoms with E-state index in [1.807, 2.05) is 0 Å². The molecular weight excluding hydrogens is 286 g/mol. The highest BCUT2D eigenvalue weighted by Crippen LogP contribution is 2.30. The maximum absolute atomic E-state index is 11.3. The summed E-state index contributed by atoms with van der Waals surface area (Å²) < 4.78 is 9.24. The van der Waals surface area contributed by atoms with Crippen LogP contribution in [0.1, 0.15) is 17.3 Å². The molecule has 1 aromatic carbocycles. The Hall–Kier alpha value is -2.09. The number of hydrogen-bond donors (Lipinski definition) is 0. The molecule has 0 saturated carbocycles. The van der Waals surface area contributed by atoms with Crippen molar-refractivity contribution in [1.29, 1.82) is 0 Å². The van der Waals surface area contributed by atoms with Gasteiger partial charge in [0.05, 0.1) is 34.9 Å². The predicted octanol–water partition coefficient (Wildman–Crippen LogP) is 2.04. The lowest BCUT2D eigenvalue weighted by Gasteiger charge is -2.05. The number of nitro groups is 1. The molecule has 108 valence electrons. The molecule has 0 atom stereocenters. The van der Waals surface area contributed by atoms with Crippen molar-refractivity contribution in [2.24, 2.45) is 0 Å². The summed E-state index contributed by atoms with van der Waals surface area (Å²) in [5.41, 5.74) is -0.165. The van der Waals surface area contributed by atoms with E-state index in [0.29, 0.717) is 0 Å². The van der Waals surface area contributed by atoms with E-state index in [2.05, 4.69) is 4.74 Å². The Labute approximate surface area is 119 Å². The molecule has 0 radical (unpaired) electrons. The van der Waals surface area contributed by atoms with Gasteiger partial charge in [0.15, 0.2) is 0 Å². The molecule has 0 saturated heterocycles. The normalized spacial score (nSPS) is 9.90. The number of nitrogens with zero attached hydrogens (tertiary/aromatic N) is 1. The van der Waals surface area contributed by atoms with E-state index in [0.717, 1.165) is 17.8 Å². The van der Waals surface area contributed by atoms with Crippen LogP contribution < -0.4 is 0 Å². The van der Waals surface area contributed by atoms with Crippen molar-refractivity contribution in [3.63, 3.8) is 0 Å². The van der Waals surface area contributed by atoms with Gasteiger partial charge < -0.3 is 9.47 Å². The lowest BCUT2D eigenvalue weighted by molar-refractivity contribution is -0.387. The zero-order chi connectivity index (χ0) is 15.1. The van der Waals surface area contributed by atoms with Crippen LogP contribution in [-0.2, 0) is 14.3 Å². The van der Waals surface area contributed by atoms with Crippen molar-refractivity contribution in [2.75, 3.05) is 19.5 Å². The van der Waals surface area contributed by atoms with Crippen molar-refractivity contribution < 1.29 is 24.0 Å². The van der Waals surface area contributed by atoms with Gasteiger partial charge in [0.1, 0.15) is 0 Å². The van der Waals surface area contributed by atoms with Gasteiger partial charge in [-0.15, -0.1) is 11.8 Å². The fraction of sp³-hybridized carbons (Fsp3) is 0.333. The number of rotatable bonds is 6. The second kappa shape index (κ2) is 7.49. The molecule has 1 aromatic rings. The van der Waals surface area contributed by atoms with Crippen LogP contribution in [0.15, 0.2) is 23.1 Å². The molecule has 7 nitrogen and oxygen atoms in total. The van der Waals surface area contributed by atoms with Gasteiger partial charge in [0, 0.05) is 6.07 Å². The minimum atomic E-state index is -0.657. The second-order valence-corrected chi connectivity index (χ2v) is 4.54. The first kappa shape index (κ1) is 16.0. The number of methoxy groups -OCH3 is 1. The summed E-state index contributed by atoms with van der Waals surface area (Å²) in [6, 6.07) is 3.94. The zero-order valence-corrected chi connectivity index (χ0v) is 11.8. The van der Waals surface area contributed by atoms with Crippen molar-refractivity contribution in [3.8, 4) is 0 Å². The van der Waals surface area contributed by atoms with Crippen molar-refractivity contribution in [2.45, 2.75) is 11.8 Å². The third-order valence-electron chi connectivity index (χ3n) is 2.23. The number of esters is 2. The minimum absolute atomic E-state index is 0.0355. The molecule has 0 aliphatic rings. The predicted molar refractivity (Wildman–Crippen MR) is 71.8 cm³/mol. The van der Waals surface area contributed by atoms with Gasteiger partial charge in [0.25, 0.3) is 5.69 Å². The van der Waals surface area contributed by atoms with Crippen LogP contribution in [0.5, 0.6) is 0 Å². The van der Waals surface area contributed by atoms with Gasteiger partial charge in [-0.05, 0) is 19.1 Å². The highest BCUT2D eigenvalue weighted by molar-refractivity contribution is 8.00. The molecule has 0 bridgehead atoms. The highest BCUT2D eigenvalue weighted by Gasteiger charge is 2.19. The van der Waals surface area contributed by atoms with Crippen LogP contribution in [0.4, 0.5) is 5.69 Å². The van der Waals surface area contributed by atoms with E-state index < -0.39 is 16.9 Å². The molecule has 0 amide bonds.